The summed E-state index contributed by atoms with van der Waals surface area (Å²) in [5.41, 5.74) is 4.62. The lowest BCUT2D eigenvalue weighted by atomic mass is 9.96. The Kier molecular flexibility index (Phi) is 4.52. The Morgan fingerprint density at radius 1 is 1.59 bits per heavy atom. The van der Waals surface area contributed by atoms with Crippen LogP contribution in [0.3, 0.4) is 0 Å². The number of rotatable bonds is 5. The van der Waals surface area contributed by atoms with Crippen LogP contribution < -0.4 is 5.73 Å². The van der Waals surface area contributed by atoms with Gasteiger partial charge in [-0.1, -0.05) is 0 Å². The molecule has 100 valence electrons. The Labute approximate surface area is 103 Å². The molecule has 1 heterocycles. The number of nitrogens with zero attached hydrogens (tertiary/aromatic N) is 1. The molecule has 0 aromatic carbocycles. The third kappa shape index (κ3) is 3.94. The summed E-state index contributed by atoms with van der Waals surface area (Å²) in [6.07, 6.45) is 1.29. The van der Waals surface area contributed by atoms with Crippen molar-refractivity contribution in [2.24, 2.45) is 5.73 Å². The maximum atomic E-state index is 10.9. The van der Waals surface area contributed by atoms with Gasteiger partial charge in [0, 0.05) is 12.1 Å². The van der Waals surface area contributed by atoms with Crippen LogP contribution in [-0.2, 0) is 9.53 Å². The third-order valence-electron chi connectivity index (χ3n) is 3.43. The van der Waals surface area contributed by atoms with E-state index in [1.807, 2.05) is 0 Å². The summed E-state index contributed by atoms with van der Waals surface area (Å²) < 4.78 is 5.44. The molecule has 5 nitrogen and oxygen atoms in total. The maximum Gasteiger partial charge on any atom is 0.323 e. The Morgan fingerprint density at radius 2 is 2.24 bits per heavy atom. The Bertz CT molecular complexity index is 277. The van der Waals surface area contributed by atoms with Crippen molar-refractivity contribution in [3.63, 3.8) is 0 Å². The molecule has 0 saturated carbocycles. The van der Waals surface area contributed by atoms with Crippen LogP contribution in [0.2, 0.25) is 0 Å². The number of carboxylic acids is 1. The lowest BCUT2D eigenvalue weighted by Crippen LogP contribution is -2.53. The first-order valence-corrected chi connectivity index (χ1v) is 6.11. The van der Waals surface area contributed by atoms with Crippen molar-refractivity contribution in [1.82, 2.24) is 4.90 Å². The number of hydrogen-bond acceptors (Lipinski definition) is 4. The second kappa shape index (κ2) is 5.33. The van der Waals surface area contributed by atoms with Gasteiger partial charge in [0.15, 0.2) is 0 Å². The summed E-state index contributed by atoms with van der Waals surface area (Å²) in [6, 6.07) is 0. The van der Waals surface area contributed by atoms with E-state index in [0.717, 1.165) is 32.7 Å². The molecular weight excluding hydrogens is 220 g/mol. The minimum atomic E-state index is -1.11. The minimum Gasteiger partial charge on any atom is -0.480 e. The molecule has 5 heteroatoms. The summed E-state index contributed by atoms with van der Waals surface area (Å²) in [4.78, 5) is 13.2. The second-order valence-corrected chi connectivity index (χ2v) is 5.68. The SMILES string of the molecule is CC(N)(CCCN1CCOCC1(C)C)C(=O)O. The number of aliphatic carboxylic acids is 1. The van der Waals surface area contributed by atoms with E-state index in [0.29, 0.717) is 6.42 Å². The lowest BCUT2D eigenvalue weighted by Gasteiger charge is -2.42. The monoisotopic (exact) mass is 244 g/mol. The van der Waals surface area contributed by atoms with Gasteiger partial charge in [-0.15, -0.1) is 0 Å². The van der Waals surface area contributed by atoms with Crippen LogP contribution in [0.1, 0.15) is 33.6 Å². The van der Waals surface area contributed by atoms with E-state index in [4.69, 9.17) is 15.6 Å². The molecule has 1 saturated heterocycles. The average Bonchev–Trinajstić information content (AvgIpc) is 2.20. The quantitative estimate of drug-likeness (QED) is 0.744. The number of ether oxygens (including phenoxy) is 1. The van der Waals surface area contributed by atoms with Gasteiger partial charge in [-0.2, -0.15) is 0 Å². The number of carboxylic acid groups (broad SMARTS) is 1. The van der Waals surface area contributed by atoms with Crippen LogP contribution in [0.15, 0.2) is 0 Å². The summed E-state index contributed by atoms with van der Waals surface area (Å²) >= 11 is 0. The molecule has 3 N–H and O–H groups in total. The molecule has 0 amide bonds. The molecule has 17 heavy (non-hydrogen) atoms. The van der Waals surface area contributed by atoms with Gasteiger partial charge in [0.1, 0.15) is 5.54 Å². The fourth-order valence-corrected chi connectivity index (χ4v) is 2.05. The molecule has 1 aliphatic heterocycles. The smallest absolute Gasteiger partial charge is 0.323 e. The predicted octanol–water partition coefficient (Wildman–Crippen LogP) is 0.679. The van der Waals surface area contributed by atoms with Crippen molar-refractivity contribution >= 4 is 5.97 Å². The van der Waals surface area contributed by atoms with Crippen LogP contribution in [0.4, 0.5) is 0 Å². The highest BCUT2D eigenvalue weighted by Gasteiger charge is 2.32. The van der Waals surface area contributed by atoms with Gasteiger partial charge in [0.2, 0.25) is 0 Å². The van der Waals surface area contributed by atoms with E-state index >= 15 is 0 Å². The topological polar surface area (TPSA) is 75.8 Å². The summed E-state index contributed by atoms with van der Waals surface area (Å²) in [7, 11) is 0. The number of morpholine rings is 1. The van der Waals surface area contributed by atoms with Crippen LogP contribution in [-0.4, -0.2) is 53.4 Å². The van der Waals surface area contributed by atoms with Gasteiger partial charge >= 0.3 is 5.97 Å². The molecule has 0 aromatic heterocycles. The van der Waals surface area contributed by atoms with Crippen LogP contribution >= 0.6 is 0 Å². The van der Waals surface area contributed by atoms with E-state index in [1.165, 1.54) is 0 Å². The first-order chi connectivity index (χ1) is 7.76. The second-order valence-electron chi connectivity index (χ2n) is 5.68. The van der Waals surface area contributed by atoms with E-state index in [1.54, 1.807) is 6.92 Å². The number of hydrogen-bond donors (Lipinski definition) is 2. The summed E-state index contributed by atoms with van der Waals surface area (Å²) in [5.74, 6) is -0.932. The van der Waals surface area contributed by atoms with Gasteiger partial charge in [-0.05, 0) is 40.2 Å². The van der Waals surface area contributed by atoms with Gasteiger partial charge in [0.25, 0.3) is 0 Å². The molecule has 1 fully saturated rings. The maximum absolute atomic E-state index is 10.9. The first-order valence-electron chi connectivity index (χ1n) is 6.11. The molecule has 0 aromatic rings. The van der Waals surface area contributed by atoms with Crippen molar-refractivity contribution in [3.05, 3.63) is 0 Å². The van der Waals surface area contributed by atoms with Crippen molar-refractivity contribution < 1.29 is 14.6 Å². The molecule has 1 rings (SSSR count). The zero-order chi connectivity index (χ0) is 13.1. The summed E-state index contributed by atoms with van der Waals surface area (Å²) in [6.45, 7) is 9.11. The fourth-order valence-electron chi connectivity index (χ4n) is 2.05. The zero-order valence-corrected chi connectivity index (χ0v) is 11.0. The Balaban J connectivity index is 2.38. The predicted molar refractivity (Wildman–Crippen MR) is 65.9 cm³/mol. The molecule has 0 aliphatic carbocycles. The molecule has 1 aliphatic rings. The highest BCUT2D eigenvalue weighted by atomic mass is 16.5. The number of nitrogens with two attached hydrogens (primary N) is 1. The highest BCUT2D eigenvalue weighted by molar-refractivity contribution is 5.77. The molecule has 0 radical (unpaired) electrons. The molecule has 0 bridgehead atoms. The standard InChI is InChI=1S/C12H24N2O3/c1-11(2)9-17-8-7-14(11)6-4-5-12(3,13)10(15)16/h4-9,13H2,1-3H3,(H,15,16). The average molecular weight is 244 g/mol. The largest absolute Gasteiger partial charge is 0.480 e. The Morgan fingerprint density at radius 3 is 2.76 bits per heavy atom. The van der Waals surface area contributed by atoms with Gasteiger partial charge < -0.3 is 15.6 Å². The molecule has 1 atom stereocenters. The van der Waals surface area contributed by atoms with E-state index < -0.39 is 11.5 Å². The third-order valence-corrected chi connectivity index (χ3v) is 3.43. The van der Waals surface area contributed by atoms with Gasteiger partial charge in [-0.3, -0.25) is 9.69 Å². The lowest BCUT2D eigenvalue weighted by molar-refractivity contribution is -0.143. The van der Waals surface area contributed by atoms with E-state index in [2.05, 4.69) is 18.7 Å². The first kappa shape index (κ1) is 14.4. The normalized spacial score (nSPS) is 24.2. The highest BCUT2D eigenvalue weighted by Crippen LogP contribution is 2.20. The fraction of sp³-hybridized carbons (Fsp3) is 0.917. The van der Waals surface area contributed by atoms with E-state index in [-0.39, 0.29) is 5.54 Å². The van der Waals surface area contributed by atoms with Gasteiger partial charge in [0.05, 0.1) is 13.2 Å². The minimum absolute atomic E-state index is 0.0342. The molecule has 0 spiro atoms. The Hall–Kier alpha value is -0.650. The molecule has 1 unspecified atom stereocenters. The summed E-state index contributed by atoms with van der Waals surface area (Å²) in [5, 5.41) is 8.92. The van der Waals surface area contributed by atoms with Crippen LogP contribution in [0.5, 0.6) is 0 Å². The molecular formula is C12H24N2O3. The number of carbonyl (C=O) groups is 1. The van der Waals surface area contributed by atoms with E-state index in [9.17, 15) is 4.79 Å². The van der Waals surface area contributed by atoms with Crippen LogP contribution in [0.25, 0.3) is 0 Å². The van der Waals surface area contributed by atoms with Gasteiger partial charge in [-0.25, -0.2) is 0 Å². The van der Waals surface area contributed by atoms with Crippen molar-refractivity contribution in [2.45, 2.75) is 44.7 Å². The van der Waals surface area contributed by atoms with Crippen molar-refractivity contribution in [3.8, 4) is 0 Å². The zero-order valence-electron chi connectivity index (χ0n) is 11.0. The van der Waals surface area contributed by atoms with Crippen molar-refractivity contribution in [2.75, 3.05) is 26.3 Å². The van der Waals surface area contributed by atoms with Crippen LogP contribution in [0, 0.1) is 0 Å². The van der Waals surface area contributed by atoms with Crippen molar-refractivity contribution in [1.29, 1.82) is 0 Å².